The van der Waals surface area contributed by atoms with E-state index in [1.54, 1.807) is 11.8 Å². The maximum absolute atomic E-state index is 14.4. The molecule has 0 aromatic heterocycles. The maximum atomic E-state index is 14.4. The van der Waals surface area contributed by atoms with E-state index in [0.717, 1.165) is 47.7 Å². The van der Waals surface area contributed by atoms with E-state index in [4.69, 9.17) is 4.74 Å². The molecule has 1 heterocycles. The number of ether oxygens (including phenoxy) is 2. The van der Waals surface area contributed by atoms with Gasteiger partial charge < -0.3 is 14.4 Å². The van der Waals surface area contributed by atoms with E-state index in [-0.39, 0.29) is 11.7 Å². The van der Waals surface area contributed by atoms with Gasteiger partial charge in [0, 0.05) is 25.6 Å². The lowest BCUT2D eigenvalue weighted by Crippen LogP contribution is -2.24. The Kier molecular flexibility index (Phi) is 6.84. The van der Waals surface area contributed by atoms with E-state index in [1.807, 2.05) is 18.2 Å². The van der Waals surface area contributed by atoms with Gasteiger partial charge in [-0.2, -0.15) is 0 Å². The van der Waals surface area contributed by atoms with Gasteiger partial charge >= 0.3 is 12.3 Å². The molecular weight excluding hydrogens is 402 g/mol. The highest BCUT2D eigenvalue weighted by atomic mass is 19.4. The Morgan fingerprint density at radius 2 is 1.93 bits per heavy atom. The van der Waals surface area contributed by atoms with Crippen molar-refractivity contribution in [1.29, 1.82) is 0 Å². The van der Waals surface area contributed by atoms with Crippen LogP contribution in [0.3, 0.4) is 0 Å². The summed E-state index contributed by atoms with van der Waals surface area (Å²) in [4.78, 5) is 13.3. The first kappa shape index (κ1) is 21.9. The van der Waals surface area contributed by atoms with Crippen molar-refractivity contribution in [3.8, 4) is 5.75 Å². The number of fused-ring (bicyclic) bond motifs is 1. The van der Waals surface area contributed by atoms with Crippen LogP contribution in [0.5, 0.6) is 5.75 Å². The van der Waals surface area contributed by atoms with Crippen LogP contribution < -0.4 is 9.64 Å². The molecule has 2 aromatic rings. The zero-order valence-electron chi connectivity index (χ0n) is 16.6. The minimum Gasteiger partial charge on any atom is -0.466 e. The lowest BCUT2D eigenvalue weighted by atomic mass is 9.99. The summed E-state index contributed by atoms with van der Waals surface area (Å²) in [6.07, 6.45) is -2.48. The molecule has 4 nitrogen and oxygen atoms in total. The minimum absolute atomic E-state index is 0.0796. The highest BCUT2D eigenvalue weighted by molar-refractivity contribution is 5.69. The molecule has 0 radical (unpaired) electrons. The molecule has 0 saturated carbocycles. The van der Waals surface area contributed by atoms with Crippen LogP contribution in [-0.2, 0) is 28.9 Å². The Balaban J connectivity index is 1.76. The molecule has 0 fully saturated rings. The topological polar surface area (TPSA) is 38.8 Å². The zero-order chi connectivity index (χ0) is 21.7. The van der Waals surface area contributed by atoms with E-state index < -0.39 is 17.9 Å². The molecule has 162 valence electrons. The van der Waals surface area contributed by atoms with Crippen LogP contribution in [0.15, 0.2) is 36.4 Å². The molecule has 0 N–H and O–H groups in total. The summed E-state index contributed by atoms with van der Waals surface area (Å²) in [5.41, 5.74) is 3.17. The largest absolute Gasteiger partial charge is 0.573 e. The summed E-state index contributed by atoms with van der Waals surface area (Å²) in [6, 6.07) is 8.93. The smallest absolute Gasteiger partial charge is 0.466 e. The number of alkyl halides is 3. The Bertz CT molecular complexity index is 898. The first-order valence-corrected chi connectivity index (χ1v) is 9.81. The molecule has 30 heavy (non-hydrogen) atoms. The van der Waals surface area contributed by atoms with E-state index in [9.17, 15) is 22.4 Å². The second-order valence-corrected chi connectivity index (χ2v) is 7.09. The van der Waals surface area contributed by atoms with Crippen molar-refractivity contribution in [2.75, 3.05) is 18.1 Å². The van der Waals surface area contributed by atoms with Gasteiger partial charge in [-0.05, 0) is 55.0 Å². The molecule has 2 aromatic carbocycles. The average Bonchev–Trinajstić information content (AvgIpc) is 2.89. The van der Waals surface area contributed by atoms with Gasteiger partial charge in [-0.3, -0.25) is 4.79 Å². The fraction of sp³-hybridized carbons (Fsp3) is 0.409. The number of rotatable bonds is 6. The van der Waals surface area contributed by atoms with Gasteiger partial charge in [-0.15, -0.1) is 13.2 Å². The number of benzene rings is 2. The summed E-state index contributed by atoms with van der Waals surface area (Å²) in [5.74, 6) is -1.29. The second kappa shape index (κ2) is 9.36. The van der Waals surface area contributed by atoms with Crippen LogP contribution in [0.1, 0.15) is 36.5 Å². The fourth-order valence-corrected chi connectivity index (χ4v) is 3.58. The number of carbonyl (C=O) groups is 1. The minimum atomic E-state index is -4.83. The number of nitrogens with zero attached hydrogens (tertiary/aromatic N) is 1. The van der Waals surface area contributed by atoms with E-state index in [2.05, 4.69) is 4.74 Å². The van der Waals surface area contributed by atoms with Crippen molar-refractivity contribution in [3.63, 3.8) is 0 Å². The Morgan fingerprint density at radius 1 is 1.13 bits per heavy atom. The number of esters is 1. The van der Waals surface area contributed by atoms with Crippen LogP contribution in [0.25, 0.3) is 0 Å². The lowest BCUT2D eigenvalue weighted by Gasteiger charge is -2.24. The quantitative estimate of drug-likeness (QED) is 0.473. The summed E-state index contributed by atoms with van der Waals surface area (Å²) in [5, 5.41) is 0. The molecule has 0 bridgehead atoms. The molecule has 1 aliphatic rings. The van der Waals surface area contributed by atoms with Gasteiger partial charge in [0.15, 0.2) is 0 Å². The number of carbonyl (C=O) groups excluding carboxylic acids is 1. The molecule has 1 aliphatic heterocycles. The number of aryl methyl sites for hydroxylation is 2. The Morgan fingerprint density at radius 3 is 2.67 bits per heavy atom. The van der Waals surface area contributed by atoms with Crippen molar-refractivity contribution >= 4 is 11.7 Å². The monoisotopic (exact) mass is 425 g/mol. The van der Waals surface area contributed by atoms with Gasteiger partial charge in [-0.25, -0.2) is 4.39 Å². The van der Waals surface area contributed by atoms with Crippen molar-refractivity contribution in [1.82, 2.24) is 0 Å². The first-order valence-electron chi connectivity index (χ1n) is 9.81. The summed E-state index contributed by atoms with van der Waals surface area (Å²) >= 11 is 0. The first-order chi connectivity index (χ1) is 14.2. The van der Waals surface area contributed by atoms with Gasteiger partial charge in [0.05, 0.1) is 12.3 Å². The predicted molar refractivity (Wildman–Crippen MR) is 104 cm³/mol. The van der Waals surface area contributed by atoms with Gasteiger partial charge in [0.25, 0.3) is 0 Å². The molecule has 0 atom stereocenters. The van der Waals surface area contributed by atoms with Crippen molar-refractivity contribution in [2.45, 2.75) is 45.5 Å². The molecule has 8 heteroatoms. The molecular formula is C22H23F4NO3. The van der Waals surface area contributed by atoms with Crippen LogP contribution >= 0.6 is 0 Å². The molecule has 0 spiro atoms. The van der Waals surface area contributed by atoms with E-state index in [1.165, 1.54) is 0 Å². The second-order valence-electron chi connectivity index (χ2n) is 7.09. The Hall–Kier alpha value is -2.77. The molecule has 0 aliphatic carbocycles. The van der Waals surface area contributed by atoms with E-state index in [0.29, 0.717) is 32.5 Å². The van der Waals surface area contributed by atoms with Crippen LogP contribution in [0, 0.1) is 5.82 Å². The van der Waals surface area contributed by atoms with Gasteiger partial charge in [-0.1, -0.05) is 18.2 Å². The van der Waals surface area contributed by atoms with E-state index >= 15 is 0 Å². The highest BCUT2D eigenvalue weighted by Crippen LogP contribution is 2.32. The average molecular weight is 425 g/mol. The van der Waals surface area contributed by atoms with Gasteiger partial charge in [0.1, 0.15) is 11.6 Å². The van der Waals surface area contributed by atoms with Gasteiger partial charge in [0.2, 0.25) is 0 Å². The third kappa shape index (κ3) is 5.87. The zero-order valence-corrected chi connectivity index (χ0v) is 16.6. The highest BCUT2D eigenvalue weighted by Gasteiger charge is 2.31. The van der Waals surface area contributed by atoms with Crippen molar-refractivity contribution in [3.05, 3.63) is 58.9 Å². The van der Waals surface area contributed by atoms with Crippen molar-refractivity contribution in [2.24, 2.45) is 0 Å². The van der Waals surface area contributed by atoms with Crippen LogP contribution in [0.2, 0.25) is 0 Å². The summed E-state index contributed by atoms with van der Waals surface area (Å²) in [7, 11) is 0. The Labute approximate surface area is 172 Å². The maximum Gasteiger partial charge on any atom is 0.573 e. The predicted octanol–water partition coefficient (Wildman–Crippen LogP) is 5.17. The SMILES string of the molecule is CCOC(=O)CCc1ccc2c(c1)CCCN(c1cc(OC(F)(F)F)ccc1F)C2. The normalized spacial score (nSPS) is 14.1. The molecule has 0 amide bonds. The molecule has 0 saturated heterocycles. The number of anilines is 1. The number of hydrogen-bond acceptors (Lipinski definition) is 4. The molecule has 3 rings (SSSR count). The van der Waals surface area contributed by atoms with Crippen molar-refractivity contribution < 1.29 is 31.8 Å². The number of hydrogen-bond donors (Lipinski definition) is 0. The lowest BCUT2D eigenvalue weighted by molar-refractivity contribution is -0.274. The third-order valence-corrected chi connectivity index (χ3v) is 4.92. The summed E-state index contributed by atoms with van der Waals surface area (Å²) in [6.45, 7) is 2.99. The third-order valence-electron chi connectivity index (χ3n) is 4.92. The number of halogens is 4. The van der Waals surface area contributed by atoms with Crippen LogP contribution in [-0.4, -0.2) is 25.5 Å². The summed E-state index contributed by atoms with van der Waals surface area (Å²) < 4.78 is 60.8. The molecule has 0 unspecified atom stereocenters. The fourth-order valence-electron chi connectivity index (χ4n) is 3.58. The standard InChI is InChI=1S/C22H23F4NO3/c1-2-29-21(28)10-6-15-5-7-17-14-27(11-3-4-16(17)12-15)20-13-18(8-9-19(20)23)30-22(24,25)26/h5,7-9,12-13H,2-4,6,10-11,14H2,1H3. The van der Waals surface area contributed by atoms with Crippen LogP contribution in [0.4, 0.5) is 23.2 Å².